The lowest BCUT2D eigenvalue weighted by molar-refractivity contribution is 0.523. The van der Waals surface area contributed by atoms with Crippen LogP contribution in [0.1, 0.15) is 57.4 Å². The third-order valence-electron chi connectivity index (χ3n) is 14.4. The molecule has 0 bridgehead atoms. The Morgan fingerprint density at radius 2 is 1.16 bits per heavy atom. The van der Waals surface area contributed by atoms with E-state index in [0.717, 1.165) is 60.1 Å². The van der Waals surface area contributed by atoms with E-state index in [2.05, 4.69) is 264 Å². The number of para-hydroxylation sites is 3. The molecule has 11 rings (SSSR count). The van der Waals surface area contributed by atoms with E-state index in [9.17, 15) is 0 Å². The molecule has 0 fully saturated rings. The third kappa shape index (κ3) is 8.91. The Morgan fingerprint density at radius 1 is 0.551 bits per heavy atom. The Morgan fingerprint density at radius 3 is 1.86 bits per heavy atom. The van der Waals surface area contributed by atoms with Gasteiger partial charge in [0.1, 0.15) is 0 Å². The number of nitrogens with zero attached hydrogens (tertiary/aromatic N) is 4. The fourth-order valence-electron chi connectivity index (χ4n) is 10.7. The molecule has 8 aromatic rings. The SMILES string of the molecule is CCC1/C=C\C=C/CN(C2=CCC=CC=C2)c2cc(N(c3ccccc3)c3ccc(-c4ccc(N(c5ccccc5)c5ccc6c7ccccc7n(CC7=CCCCC7C)c6c5)cc4)cc3)ccc21. The second kappa shape index (κ2) is 19.8. The van der Waals surface area contributed by atoms with Crippen molar-refractivity contribution in [2.75, 3.05) is 21.2 Å². The van der Waals surface area contributed by atoms with Crippen LogP contribution in [0.5, 0.6) is 0 Å². The van der Waals surface area contributed by atoms with Crippen LogP contribution in [0.3, 0.4) is 0 Å². The summed E-state index contributed by atoms with van der Waals surface area (Å²) in [7, 11) is 0. The molecule has 340 valence electrons. The molecular formula is C65H60N4. The van der Waals surface area contributed by atoms with Crippen molar-refractivity contribution in [3.63, 3.8) is 0 Å². The molecule has 2 atom stereocenters. The predicted octanol–water partition coefficient (Wildman–Crippen LogP) is 18.0. The van der Waals surface area contributed by atoms with Gasteiger partial charge in [-0.05, 0) is 140 Å². The van der Waals surface area contributed by atoms with Crippen molar-refractivity contribution >= 4 is 61.6 Å². The summed E-state index contributed by atoms with van der Waals surface area (Å²) < 4.78 is 2.56. The first-order valence-electron chi connectivity index (χ1n) is 25.0. The van der Waals surface area contributed by atoms with Gasteiger partial charge in [0.25, 0.3) is 0 Å². The minimum atomic E-state index is 0.304. The van der Waals surface area contributed by atoms with Gasteiger partial charge in [-0.3, -0.25) is 0 Å². The zero-order chi connectivity index (χ0) is 46.5. The number of allylic oxidation sites excluding steroid dienone is 10. The molecule has 1 aliphatic heterocycles. The van der Waals surface area contributed by atoms with Crippen molar-refractivity contribution in [1.29, 1.82) is 0 Å². The van der Waals surface area contributed by atoms with Crippen LogP contribution in [-0.4, -0.2) is 11.1 Å². The average Bonchev–Trinajstić information content (AvgIpc) is 3.51. The molecule has 0 saturated carbocycles. The first-order valence-corrected chi connectivity index (χ1v) is 25.0. The predicted molar refractivity (Wildman–Crippen MR) is 295 cm³/mol. The number of fused-ring (bicyclic) bond motifs is 4. The Balaban J connectivity index is 0.939. The molecule has 0 radical (unpaired) electrons. The van der Waals surface area contributed by atoms with Crippen LogP contribution in [0, 0.1) is 5.92 Å². The summed E-state index contributed by atoms with van der Waals surface area (Å²) in [5.74, 6) is 0.906. The Bertz CT molecular complexity index is 3270. The molecule has 7 aromatic carbocycles. The van der Waals surface area contributed by atoms with Crippen molar-refractivity contribution in [2.24, 2.45) is 5.92 Å². The van der Waals surface area contributed by atoms with Gasteiger partial charge >= 0.3 is 0 Å². The summed E-state index contributed by atoms with van der Waals surface area (Å²) >= 11 is 0. The number of anilines is 7. The van der Waals surface area contributed by atoms with Crippen LogP contribution >= 0.6 is 0 Å². The topological polar surface area (TPSA) is 14.7 Å². The Labute approximate surface area is 408 Å². The van der Waals surface area contributed by atoms with Crippen LogP contribution in [0.4, 0.5) is 39.8 Å². The molecule has 0 spiro atoms. The number of hydrogen-bond acceptors (Lipinski definition) is 3. The van der Waals surface area contributed by atoms with E-state index < -0.39 is 0 Å². The van der Waals surface area contributed by atoms with Crippen LogP contribution in [-0.2, 0) is 6.54 Å². The highest BCUT2D eigenvalue weighted by atomic mass is 15.2. The van der Waals surface area contributed by atoms with Gasteiger partial charge in [0.05, 0.1) is 5.52 Å². The molecule has 0 saturated heterocycles. The minimum absolute atomic E-state index is 0.304. The normalized spacial score (nSPS) is 17.8. The van der Waals surface area contributed by atoms with Crippen LogP contribution in [0.2, 0.25) is 0 Å². The molecule has 4 heteroatoms. The van der Waals surface area contributed by atoms with Gasteiger partial charge in [0.15, 0.2) is 0 Å². The molecule has 2 aliphatic carbocycles. The Kier molecular flexibility index (Phi) is 12.5. The van der Waals surface area contributed by atoms with Crippen molar-refractivity contribution in [3.05, 3.63) is 247 Å². The van der Waals surface area contributed by atoms with Crippen molar-refractivity contribution < 1.29 is 0 Å². The maximum atomic E-state index is 2.56. The van der Waals surface area contributed by atoms with Crippen molar-refractivity contribution in [3.8, 4) is 11.1 Å². The zero-order valence-corrected chi connectivity index (χ0v) is 39.8. The highest BCUT2D eigenvalue weighted by molar-refractivity contribution is 6.09. The van der Waals surface area contributed by atoms with Gasteiger partial charge in [-0.25, -0.2) is 0 Å². The summed E-state index contributed by atoms with van der Waals surface area (Å²) in [6.07, 6.45) is 28.3. The molecule has 3 aliphatic rings. The van der Waals surface area contributed by atoms with Gasteiger partial charge < -0.3 is 19.3 Å². The lowest BCUT2D eigenvalue weighted by Gasteiger charge is -2.32. The summed E-state index contributed by atoms with van der Waals surface area (Å²) in [6, 6.07) is 62.7. The second-order valence-corrected chi connectivity index (χ2v) is 18.7. The molecule has 2 heterocycles. The Hall–Kier alpha value is -7.82. The quantitative estimate of drug-likeness (QED) is 0.120. The molecule has 2 unspecified atom stereocenters. The monoisotopic (exact) mass is 896 g/mol. The molecular weight excluding hydrogens is 837 g/mol. The van der Waals surface area contributed by atoms with Crippen LogP contribution < -0.4 is 14.7 Å². The van der Waals surface area contributed by atoms with Crippen molar-refractivity contribution in [2.45, 2.75) is 58.4 Å². The van der Waals surface area contributed by atoms with Gasteiger partial charge in [-0.2, -0.15) is 0 Å². The maximum Gasteiger partial charge on any atom is 0.0515 e. The summed E-state index contributed by atoms with van der Waals surface area (Å²) in [4.78, 5) is 7.27. The maximum absolute atomic E-state index is 2.56. The summed E-state index contributed by atoms with van der Waals surface area (Å²) in [5.41, 5.74) is 17.0. The largest absolute Gasteiger partial charge is 0.338 e. The smallest absolute Gasteiger partial charge is 0.0515 e. The summed E-state index contributed by atoms with van der Waals surface area (Å²) in [6.45, 7) is 6.39. The van der Waals surface area contributed by atoms with Gasteiger partial charge in [-0.15, -0.1) is 0 Å². The number of benzene rings is 7. The lowest BCUT2D eigenvalue weighted by Crippen LogP contribution is -2.24. The fourth-order valence-corrected chi connectivity index (χ4v) is 10.7. The van der Waals surface area contributed by atoms with E-state index in [1.165, 1.54) is 69.1 Å². The van der Waals surface area contributed by atoms with Gasteiger partial charge in [-0.1, -0.05) is 165 Å². The van der Waals surface area contributed by atoms with Crippen LogP contribution in [0.25, 0.3) is 32.9 Å². The molecule has 4 nitrogen and oxygen atoms in total. The second-order valence-electron chi connectivity index (χ2n) is 18.7. The van der Waals surface area contributed by atoms with E-state index in [4.69, 9.17) is 0 Å². The third-order valence-corrected chi connectivity index (χ3v) is 14.4. The van der Waals surface area contributed by atoms with Crippen LogP contribution in [0.15, 0.2) is 242 Å². The molecule has 0 amide bonds. The lowest BCUT2D eigenvalue weighted by atomic mass is 9.89. The number of rotatable bonds is 11. The van der Waals surface area contributed by atoms with E-state index in [1.54, 1.807) is 5.57 Å². The molecule has 0 N–H and O–H groups in total. The standard InChI is InChI=1S/C65H60N4/c1-3-49-22-9-8-20-44-66(53-24-10-4-5-11-25-53)64-45-58(40-42-60(49)64)68(54-26-12-6-13-27-54)56-36-32-50(33-37-56)51-34-38-57(39-35-51)69(55-28-14-7-15-29-55)59-41-43-62-61-30-18-19-31-63(61)67(65(62)46-59)47-52-23-17-16-21-48(52)2/h4-10,12-15,18-20,22-43,45-46,48-49H,3,11,16-17,21,44,47H2,1-2H3/b20-8-,22-9-. The van der Waals surface area contributed by atoms with Gasteiger partial charge in [0.2, 0.25) is 0 Å². The first-order chi connectivity index (χ1) is 34.1. The number of aromatic nitrogens is 1. The first kappa shape index (κ1) is 43.7. The molecule has 1 aromatic heterocycles. The fraction of sp³-hybridized carbons (Fsp3) is 0.169. The number of hydrogen-bond donors (Lipinski definition) is 0. The zero-order valence-electron chi connectivity index (χ0n) is 39.8. The average molecular weight is 897 g/mol. The molecule has 69 heavy (non-hydrogen) atoms. The van der Waals surface area contributed by atoms with E-state index in [-0.39, 0.29) is 0 Å². The van der Waals surface area contributed by atoms with Gasteiger partial charge in [0, 0.05) is 80.8 Å². The van der Waals surface area contributed by atoms with E-state index in [0.29, 0.717) is 11.8 Å². The highest BCUT2D eigenvalue weighted by Crippen LogP contribution is 2.44. The highest BCUT2D eigenvalue weighted by Gasteiger charge is 2.23. The summed E-state index contributed by atoms with van der Waals surface area (Å²) in [5, 5.41) is 2.61. The van der Waals surface area contributed by atoms with E-state index in [1.807, 2.05) is 0 Å². The van der Waals surface area contributed by atoms with Crippen molar-refractivity contribution in [1.82, 2.24) is 4.57 Å². The minimum Gasteiger partial charge on any atom is -0.338 e. The van der Waals surface area contributed by atoms with E-state index >= 15 is 0 Å².